The first kappa shape index (κ1) is 24.8. The van der Waals surface area contributed by atoms with Crippen molar-refractivity contribution in [3.05, 3.63) is 65.2 Å². The first-order valence-electron chi connectivity index (χ1n) is 13.0. The summed E-state index contributed by atoms with van der Waals surface area (Å²) in [7, 11) is 0. The summed E-state index contributed by atoms with van der Waals surface area (Å²) in [5, 5.41) is 10.5. The van der Waals surface area contributed by atoms with Crippen molar-refractivity contribution >= 4 is 0 Å². The molecule has 176 valence electrons. The minimum Gasteiger partial charge on any atom is -0.489 e. The second-order valence-electron chi connectivity index (χ2n) is 10.4. The van der Waals surface area contributed by atoms with Gasteiger partial charge in [0, 0.05) is 0 Å². The lowest BCUT2D eigenvalue weighted by Gasteiger charge is -2.29. The van der Waals surface area contributed by atoms with Crippen LogP contribution in [0, 0.1) is 0 Å². The Morgan fingerprint density at radius 3 is 2.50 bits per heavy atom. The van der Waals surface area contributed by atoms with E-state index >= 15 is 0 Å². The number of aliphatic hydroxyl groups is 1. The van der Waals surface area contributed by atoms with E-state index in [2.05, 4.69) is 63.2 Å². The predicted molar refractivity (Wildman–Crippen MR) is 135 cm³/mol. The minimum absolute atomic E-state index is 0.136. The zero-order valence-corrected chi connectivity index (χ0v) is 20.6. The fraction of sp³-hybridized carbons (Fsp3) is 0.600. The Hall–Kier alpha value is -1.80. The molecular weight excluding hydrogens is 392 g/mol. The highest BCUT2D eigenvalue weighted by Gasteiger charge is 2.25. The third kappa shape index (κ3) is 7.37. The number of aliphatic hydroxyl groups excluding tert-OH is 1. The van der Waals surface area contributed by atoms with E-state index in [4.69, 9.17) is 4.74 Å². The van der Waals surface area contributed by atoms with E-state index in [1.54, 1.807) is 0 Å². The van der Waals surface area contributed by atoms with Gasteiger partial charge in [-0.2, -0.15) is 0 Å². The molecule has 0 aromatic heterocycles. The van der Waals surface area contributed by atoms with Gasteiger partial charge in [0.05, 0.1) is 6.10 Å². The highest BCUT2D eigenvalue weighted by atomic mass is 16.5. The lowest BCUT2D eigenvalue weighted by atomic mass is 9.78. The van der Waals surface area contributed by atoms with E-state index in [0.29, 0.717) is 12.5 Å². The van der Waals surface area contributed by atoms with E-state index in [1.807, 2.05) is 6.07 Å². The summed E-state index contributed by atoms with van der Waals surface area (Å²) in [6, 6.07) is 17.4. The van der Waals surface area contributed by atoms with Gasteiger partial charge in [0.2, 0.25) is 0 Å². The second kappa shape index (κ2) is 12.4. The zero-order valence-electron chi connectivity index (χ0n) is 20.6. The summed E-state index contributed by atoms with van der Waals surface area (Å²) < 4.78 is 6.48. The monoisotopic (exact) mass is 436 g/mol. The molecule has 1 saturated carbocycles. The number of hydrogen-bond donors (Lipinski definition) is 1. The maximum Gasteiger partial charge on any atom is 0.123 e. The van der Waals surface area contributed by atoms with Gasteiger partial charge >= 0.3 is 0 Å². The van der Waals surface area contributed by atoms with Crippen LogP contribution in [0.3, 0.4) is 0 Å². The molecule has 0 aliphatic heterocycles. The summed E-state index contributed by atoms with van der Waals surface area (Å²) in [5.41, 5.74) is 3.98. The van der Waals surface area contributed by atoms with Crippen molar-refractivity contribution < 1.29 is 9.84 Å². The van der Waals surface area contributed by atoms with Crippen LogP contribution >= 0.6 is 0 Å². The van der Waals surface area contributed by atoms with Crippen molar-refractivity contribution in [2.75, 3.05) is 0 Å². The molecule has 1 fully saturated rings. The van der Waals surface area contributed by atoms with E-state index in [1.165, 1.54) is 61.6 Å². The third-order valence-electron chi connectivity index (χ3n) is 7.27. The molecular formula is C30H44O2. The van der Waals surface area contributed by atoms with Gasteiger partial charge < -0.3 is 9.84 Å². The van der Waals surface area contributed by atoms with Crippen molar-refractivity contribution in [2.24, 2.45) is 0 Å². The number of unbranched alkanes of at least 4 members (excludes halogenated alkanes) is 3. The standard InChI is InChI=1S/C30H44O2/c1-4-5-6-13-20-30(2,3)26-18-19-28(25-16-11-8-12-17-27(31)21-25)29(22-26)32-23-24-14-9-7-10-15-24/h7,9-10,14-15,18-19,22,25,27,31H,4-6,8,11-13,16-17,20-21,23H2,1-3H3/t25-,27+/m0/s1. The average Bonchev–Trinajstić information content (AvgIpc) is 2.78. The Labute approximate surface area is 196 Å². The summed E-state index contributed by atoms with van der Waals surface area (Å²) in [4.78, 5) is 0. The van der Waals surface area contributed by atoms with Gasteiger partial charge in [-0.15, -0.1) is 0 Å². The van der Waals surface area contributed by atoms with Crippen LogP contribution in [0.25, 0.3) is 0 Å². The van der Waals surface area contributed by atoms with Gasteiger partial charge in [-0.3, -0.25) is 0 Å². The van der Waals surface area contributed by atoms with Crippen LogP contribution in [0.15, 0.2) is 48.5 Å². The first-order valence-corrected chi connectivity index (χ1v) is 13.0. The summed E-state index contributed by atoms with van der Waals surface area (Å²) in [6.07, 6.45) is 12.7. The highest BCUT2D eigenvalue weighted by Crippen LogP contribution is 2.40. The summed E-state index contributed by atoms with van der Waals surface area (Å²) in [6.45, 7) is 7.60. The van der Waals surface area contributed by atoms with Gasteiger partial charge in [0.1, 0.15) is 12.4 Å². The molecule has 1 N–H and O–H groups in total. The molecule has 0 spiro atoms. The van der Waals surface area contributed by atoms with Crippen LogP contribution in [-0.4, -0.2) is 11.2 Å². The van der Waals surface area contributed by atoms with E-state index in [9.17, 15) is 5.11 Å². The molecule has 32 heavy (non-hydrogen) atoms. The van der Waals surface area contributed by atoms with Crippen LogP contribution in [0.4, 0.5) is 0 Å². The Bertz CT molecular complexity index is 796. The molecule has 2 aromatic rings. The van der Waals surface area contributed by atoms with Gasteiger partial charge in [0.15, 0.2) is 0 Å². The van der Waals surface area contributed by atoms with Crippen molar-refractivity contribution in [1.29, 1.82) is 0 Å². The molecule has 2 nitrogen and oxygen atoms in total. The summed E-state index contributed by atoms with van der Waals surface area (Å²) in [5.74, 6) is 1.39. The van der Waals surface area contributed by atoms with Crippen molar-refractivity contribution in [1.82, 2.24) is 0 Å². The van der Waals surface area contributed by atoms with Crippen LogP contribution in [0.5, 0.6) is 5.75 Å². The number of benzene rings is 2. The van der Waals surface area contributed by atoms with E-state index in [-0.39, 0.29) is 11.5 Å². The van der Waals surface area contributed by atoms with Crippen molar-refractivity contribution in [3.63, 3.8) is 0 Å². The van der Waals surface area contributed by atoms with Crippen LogP contribution in [0.1, 0.15) is 114 Å². The molecule has 0 amide bonds. The quantitative estimate of drug-likeness (QED) is 0.379. The molecule has 2 aromatic carbocycles. The Morgan fingerprint density at radius 1 is 0.938 bits per heavy atom. The average molecular weight is 437 g/mol. The third-order valence-corrected chi connectivity index (χ3v) is 7.27. The second-order valence-corrected chi connectivity index (χ2v) is 10.4. The smallest absolute Gasteiger partial charge is 0.123 e. The van der Waals surface area contributed by atoms with Gasteiger partial charge in [-0.25, -0.2) is 0 Å². The maximum absolute atomic E-state index is 10.5. The normalized spacial score (nSPS) is 19.9. The fourth-order valence-corrected chi connectivity index (χ4v) is 5.09. The molecule has 0 radical (unpaired) electrons. The largest absolute Gasteiger partial charge is 0.489 e. The lowest BCUT2D eigenvalue weighted by molar-refractivity contribution is 0.132. The van der Waals surface area contributed by atoms with Crippen LogP contribution < -0.4 is 4.74 Å². The summed E-state index contributed by atoms with van der Waals surface area (Å²) >= 11 is 0. The minimum atomic E-state index is -0.197. The SMILES string of the molecule is CCCCCCC(C)(C)c1ccc([C@H]2CCCCC[C@@H](O)C2)c(OCc2ccccc2)c1. The Balaban J connectivity index is 1.84. The maximum atomic E-state index is 10.5. The molecule has 2 atom stereocenters. The lowest BCUT2D eigenvalue weighted by Crippen LogP contribution is -2.19. The van der Waals surface area contributed by atoms with Crippen LogP contribution in [0.2, 0.25) is 0 Å². The predicted octanol–water partition coefficient (Wildman–Crippen LogP) is 8.31. The number of ether oxygens (including phenoxy) is 1. The van der Waals surface area contributed by atoms with Crippen molar-refractivity contribution in [3.8, 4) is 5.75 Å². The number of hydrogen-bond acceptors (Lipinski definition) is 2. The molecule has 0 heterocycles. The molecule has 0 unspecified atom stereocenters. The topological polar surface area (TPSA) is 29.5 Å². The van der Waals surface area contributed by atoms with E-state index < -0.39 is 0 Å². The highest BCUT2D eigenvalue weighted by molar-refractivity contribution is 5.42. The molecule has 0 bridgehead atoms. The van der Waals surface area contributed by atoms with Gasteiger partial charge in [-0.1, -0.05) is 108 Å². The first-order chi connectivity index (χ1) is 15.5. The molecule has 3 rings (SSSR count). The zero-order chi connectivity index (χ0) is 22.8. The molecule has 1 aliphatic carbocycles. The molecule has 2 heteroatoms. The molecule has 0 saturated heterocycles. The van der Waals surface area contributed by atoms with Gasteiger partial charge in [-0.05, 0) is 59.8 Å². The van der Waals surface area contributed by atoms with Crippen molar-refractivity contribution in [2.45, 2.75) is 115 Å². The molecule has 1 aliphatic rings. The Morgan fingerprint density at radius 2 is 1.72 bits per heavy atom. The Kier molecular flexibility index (Phi) is 9.66. The fourth-order valence-electron chi connectivity index (χ4n) is 5.09. The van der Waals surface area contributed by atoms with Gasteiger partial charge in [0.25, 0.3) is 0 Å². The van der Waals surface area contributed by atoms with E-state index in [0.717, 1.165) is 31.4 Å². The van der Waals surface area contributed by atoms with Crippen LogP contribution in [-0.2, 0) is 12.0 Å². The number of rotatable bonds is 10.